The maximum Gasteiger partial charge on any atom is 0.0594 e. The van der Waals surface area contributed by atoms with Crippen LogP contribution in [0.1, 0.15) is 33.6 Å². The topological polar surface area (TPSA) is 12.5 Å². The molecule has 2 saturated carbocycles. The summed E-state index contributed by atoms with van der Waals surface area (Å²) in [5.74, 6) is 0. The third kappa shape index (κ3) is 1.23. The lowest BCUT2D eigenvalue weighted by atomic mass is 10.2. The Morgan fingerprint density at radius 1 is 1.08 bits per heavy atom. The van der Waals surface area contributed by atoms with E-state index in [1.165, 1.54) is 25.9 Å². The predicted octanol–water partition coefficient (Wildman–Crippen LogP) is 1.90. The molecule has 0 N–H and O–H groups in total. The Kier molecular flexibility index (Phi) is 2.16. The van der Waals surface area contributed by atoms with Gasteiger partial charge in [0, 0.05) is 18.6 Å². The Labute approximate surface area is 81.3 Å². The van der Waals surface area contributed by atoms with Crippen LogP contribution >= 0.6 is 0 Å². The molecule has 3 fully saturated rings. The van der Waals surface area contributed by atoms with Crippen LogP contribution in [0.3, 0.4) is 0 Å². The van der Waals surface area contributed by atoms with Crippen molar-refractivity contribution in [2.75, 3.05) is 26.3 Å². The van der Waals surface area contributed by atoms with Crippen molar-refractivity contribution in [2.45, 2.75) is 39.2 Å². The summed E-state index contributed by atoms with van der Waals surface area (Å²) in [6.07, 6.45) is 2.92. The number of morpholine rings is 1. The van der Waals surface area contributed by atoms with Gasteiger partial charge in [0.1, 0.15) is 0 Å². The highest BCUT2D eigenvalue weighted by Gasteiger charge is 2.82. The van der Waals surface area contributed by atoms with E-state index < -0.39 is 0 Å². The van der Waals surface area contributed by atoms with E-state index in [9.17, 15) is 0 Å². The molecule has 2 aliphatic carbocycles. The van der Waals surface area contributed by atoms with Crippen molar-refractivity contribution in [3.05, 3.63) is 0 Å². The van der Waals surface area contributed by atoms with Gasteiger partial charge in [-0.3, -0.25) is 4.90 Å². The third-order valence-corrected chi connectivity index (χ3v) is 3.86. The normalized spacial score (nSPS) is 47.3. The highest BCUT2D eigenvalue weighted by molar-refractivity contribution is 5.36. The molecule has 0 amide bonds. The minimum Gasteiger partial charge on any atom is -0.379 e. The zero-order valence-corrected chi connectivity index (χ0v) is 9.10. The van der Waals surface area contributed by atoms with E-state index in [4.69, 9.17) is 4.74 Å². The number of fused-ring (bicyclic) bond motifs is 1. The standard InChI is InChI=1S/C9H15NO.C2H6/c1-8-6-9(8,7-8)10-2-4-11-5-3-10;1-2/h2-7H2,1H3;1-2H3. The lowest BCUT2D eigenvalue weighted by Crippen LogP contribution is -2.41. The second-order valence-electron chi connectivity index (χ2n) is 4.55. The Hall–Kier alpha value is -0.0800. The van der Waals surface area contributed by atoms with Gasteiger partial charge in [0.25, 0.3) is 0 Å². The molecule has 0 aromatic rings. The first kappa shape index (κ1) is 9.47. The van der Waals surface area contributed by atoms with Gasteiger partial charge in [0.2, 0.25) is 0 Å². The quantitative estimate of drug-likeness (QED) is 0.615. The van der Waals surface area contributed by atoms with Gasteiger partial charge in [-0.15, -0.1) is 0 Å². The van der Waals surface area contributed by atoms with Crippen molar-refractivity contribution in [1.82, 2.24) is 4.90 Å². The van der Waals surface area contributed by atoms with Crippen LogP contribution in [-0.4, -0.2) is 36.7 Å². The molecule has 2 nitrogen and oxygen atoms in total. The van der Waals surface area contributed by atoms with Crippen LogP contribution in [0.5, 0.6) is 0 Å². The number of rotatable bonds is 1. The van der Waals surface area contributed by atoms with Gasteiger partial charge in [0.15, 0.2) is 0 Å². The fraction of sp³-hybridized carbons (Fsp3) is 1.00. The summed E-state index contributed by atoms with van der Waals surface area (Å²) in [4.78, 5) is 2.65. The van der Waals surface area contributed by atoms with Crippen molar-refractivity contribution in [2.24, 2.45) is 5.41 Å². The van der Waals surface area contributed by atoms with Gasteiger partial charge in [-0.2, -0.15) is 0 Å². The molecule has 0 atom stereocenters. The van der Waals surface area contributed by atoms with E-state index in [-0.39, 0.29) is 0 Å². The third-order valence-electron chi connectivity index (χ3n) is 3.86. The number of ether oxygens (including phenoxy) is 1. The smallest absolute Gasteiger partial charge is 0.0594 e. The van der Waals surface area contributed by atoms with Crippen LogP contribution < -0.4 is 0 Å². The van der Waals surface area contributed by atoms with Crippen molar-refractivity contribution < 1.29 is 4.74 Å². The van der Waals surface area contributed by atoms with Crippen LogP contribution in [0.4, 0.5) is 0 Å². The van der Waals surface area contributed by atoms with Gasteiger partial charge < -0.3 is 4.74 Å². The van der Waals surface area contributed by atoms with E-state index in [2.05, 4.69) is 11.8 Å². The lowest BCUT2D eigenvalue weighted by Gasteiger charge is -2.29. The predicted molar refractivity (Wildman–Crippen MR) is 53.8 cm³/mol. The molecule has 0 spiro atoms. The number of hydrogen-bond donors (Lipinski definition) is 0. The monoisotopic (exact) mass is 183 g/mol. The number of hydrogen-bond acceptors (Lipinski definition) is 2. The molecule has 0 bridgehead atoms. The molecule has 1 saturated heterocycles. The Bertz CT molecular complexity index is 190. The Morgan fingerprint density at radius 2 is 1.54 bits per heavy atom. The maximum atomic E-state index is 5.33. The second kappa shape index (κ2) is 2.96. The van der Waals surface area contributed by atoms with E-state index in [1.807, 2.05) is 13.8 Å². The summed E-state index contributed by atoms with van der Waals surface area (Å²) < 4.78 is 5.33. The minimum absolute atomic E-state index is 0.677. The molecule has 13 heavy (non-hydrogen) atoms. The fourth-order valence-electron chi connectivity index (χ4n) is 2.75. The summed E-state index contributed by atoms with van der Waals surface area (Å²) in [7, 11) is 0. The van der Waals surface area contributed by atoms with Crippen LogP contribution in [-0.2, 0) is 4.74 Å². The summed E-state index contributed by atoms with van der Waals surface area (Å²) in [6.45, 7) is 10.7. The van der Waals surface area contributed by atoms with Crippen molar-refractivity contribution in [1.29, 1.82) is 0 Å². The SMILES string of the molecule is CC.CC12CC1(N1CCOCC1)C2. The van der Waals surface area contributed by atoms with E-state index in [1.54, 1.807) is 0 Å². The molecule has 76 valence electrons. The van der Waals surface area contributed by atoms with Crippen LogP contribution in [0.25, 0.3) is 0 Å². The zero-order valence-electron chi connectivity index (χ0n) is 9.10. The van der Waals surface area contributed by atoms with Crippen molar-refractivity contribution >= 4 is 0 Å². The molecule has 0 radical (unpaired) electrons. The summed E-state index contributed by atoms with van der Waals surface area (Å²) in [5.41, 5.74) is 1.42. The van der Waals surface area contributed by atoms with Gasteiger partial charge in [-0.05, 0) is 18.3 Å². The molecule has 3 aliphatic rings. The molecule has 0 unspecified atom stereocenters. The van der Waals surface area contributed by atoms with E-state index in [0.29, 0.717) is 5.54 Å². The molecule has 0 aromatic carbocycles. The fourth-order valence-corrected chi connectivity index (χ4v) is 2.75. The van der Waals surface area contributed by atoms with E-state index in [0.717, 1.165) is 18.6 Å². The largest absolute Gasteiger partial charge is 0.379 e. The molecule has 0 aromatic heterocycles. The van der Waals surface area contributed by atoms with Crippen LogP contribution in [0.2, 0.25) is 0 Å². The van der Waals surface area contributed by atoms with Gasteiger partial charge in [0.05, 0.1) is 13.2 Å². The lowest BCUT2D eigenvalue weighted by molar-refractivity contribution is 0.0221. The van der Waals surface area contributed by atoms with Gasteiger partial charge >= 0.3 is 0 Å². The van der Waals surface area contributed by atoms with Gasteiger partial charge in [-0.1, -0.05) is 20.8 Å². The first-order valence-electron chi connectivity index (χ1n) is 5.60. The van der Waals surface area contributed by atoms with E-state index >= 15 is 0 Å². The molecular weight excluding hydrogens is 162 g/mol. The summed E-state index contributed by atoms with van der Waals surface area (Å²) in [6, 6.07) is 0. The highest BCUT2D eigenvalue weighted by atomic mass is 16.5. The maximum absolute atomic E-state index is 5.33. The Morgan fingerprint density at radius 3 is 1.92 bits per heavy atom. The van der Waals surface area contributed by atoms with Crippen LogP contribution in [0.15, 0.2) is 0 Å². The molecule has 2 heteroatoms. The van der Waals surface area contributed by atoms with Crippen LogP contribution in [0, 0.1) is 5.41 Å². The highest BCUT2D eigenvalue weighted by Crippen LogP contribution is 2.81. The average Bonchev–Trinajstić information content (AvgIpc) is 2.95. The summed E-state index contributed by atoms with van der Waals surface area (Å²) >= 11 is 0. The average molecular weight is 183 g/mol. The van der Waals surface area contributed by atoms with Crippen molar-refractivity contribution in [3.63, 3.8) is 0 Å². The molecule has 3 rings (SSSR count). The second-order valence-corrected chi connectivity index (χ2v) is 4.55. The zero-order chi connectivity index (χ0) is 9.53. The summed E-state index contributed by atoms with van der Waals surface area (Å²) in [5, 5.41) is 0. The first-order valence-corrected chi connectivity index (χ1v) is 5.60. The molecule has 1 aliphatic heterocycles. The van der Waals surface area contributed by atoms with Crippen molar-refractivity contribution in [3.8, 4) is 0 Å². The van der Waals surface area contributed by atoms with Gasteiger partial charge in [-0.25, -0.2) is 0 Å². The minimum atomic E-state index is 0.677. The molecular formula is C11H21NO. The first-order chi connectivity index (χ1) is 6.27. The number of nitrogens with zero attached hydrogens (tertiary/aromatic N) is 1. The molecule has 1 heterocycles. The Balaban J connectivity index is 0.000000308.